The van der Waals surface area contributed by atoms with Crippen LogP contribution < -0.4 is 20.7 Å². The van der Waals surface area contributed by atoms with Gasteiger partial charge in [0.05, 0.1) is 24.8 Å². The van der Waals surface area contributed by atoms with Crippen LogP contribution in [0.2, 0.25) is 0 Å². The second kappa shape index (κ2) is 9.94. The zero-order chi connectivity index (χ0) is 24.0. The lowest BCUT2D eigenvalue weighted by atomic mass is 10.1. The average Bonchev–Trinajstić information content (AvgIpc) is 2.78. The van der Waals surface area contributed by atoms with Gasteiger partial charge in [0.25, 0.3) is 5.91 Å². The number of ether oxygens (including phenoxy) is 1. The maximum atomic E-state index is 13.5. The first-order chi connectivity index (χ1) is 15.7. The highest BCUT2D eigenvalue weighted by Crippen LogP contribution is 2.36. The summed E-state index contributed by atoms with van der Waals surface area (Å²) in [5.41, 5.74) is -0.928. The van der Waals surface area contributed by atoms with E-state index in [0.29, 0.717) is 17.5 Å². The number of nitrogens with one attached hydrogen (secondary N) is 3. The topological polar surface area (TPSA) is 118 Å². The molecule has 0 aliphatic heterocycles. The van der Waals surface area contributed by atoms with Crippen molar-refractivity contribution >= 4 is 29.1 Å². The molecule has 0 saturated carbocycles. The quantitative estimate of drug-likeness (QED) is 0.496. The highest BCUT2D eigenvalue weighted by Gasteiger charge is 2.35. The smallest absolute Gasteiger partial charge is 0.419 e. The molecule has 3 N–H and O–H groups in total. The van der Waals surface area contributed by atoms with Gasteiger partial charge in [0.2, 0.25) is 5.91 Å². The second-order valence-electron chi connectivity index (χ2n) is 6.68. The van der Waals surface area contributed by atoms with Crippen molar-refractivity contribution < 1.29 is 27.5 Å². The number of amides is 2. The fourth-order valence-corrected chi connectivity index (χ4v) is 2.83. The maximum absolute atomic E-state index is 13.5. The summed E-state index contributed by atoms with van der Waals surface area (Å²) in [5.74, 6) is -0.698. The van der Waals surface area contributed by atoms with Crippen LogP contribution in [0.1, 0.15) is 21.5 Å². The number of halogens is 3. The largest absolute Gasteiger partial charge is 0.497 e. The van der Waals surface area contributed by atoms with Crippen molar-refractivity contribution in [1.82, 2.24) is 20.3 Å². The summed E-state index contributed by atoms with van der Waals surface area (Å²) < 4.78 is 45.6. The van der Waals surface area contributed by atoms with Gasteiger partial charge in [0.1, 0.15) is 29.3 Å². The minimum absolute atomic E-state index is 0.0256. The van der Waals surface area contributed by atoms with E-state index in [1.165, 1.54) is 20.4 Å². The summed E-state index contributed by atoms with van der Waals surface area (Å²) in [6.45, 7) is 0. The van der Waals surface area contributed by atoms with Gasteiger partial charge in [-0.15, -0.1) is 0 Å². The molecule has 2 amide bonds. The number of rotatable bonds is 7. The van der Waals surface area contributed by atoms with E-state index in [1.54, 1.807) is 24.3 Å². The van der Waals surface area contributed by atoms with E-state index >= 15 is 0 Å². The number of nitrogens with zero attached hydrogens (tertiary/aromatic N) is 3. The lowest BCUT2D eigenvalue weighted by Crippen LogP contribution is -2.21. The minimum atomic E-state index is -4.75. The summed E-state index contributed by atoms with van der Waals surface area (Å²) in [4.78, 5) is 35.7. The lowest BCUT2D eigenvalue weighted by Gasteiger charge is -2.16. The highest BCUT2D eigenvalue weighted by atomic mass is 19.4. The summed E-state index contributed by atoms with van der Waals surface area (Å²) in [6.07, 6.45) is -1.93. The van der Waals surface area contributed by atoms with Gasteiger partial charge in [0.15, 0.2) is 0 Å². The Morgan fingerprint density at radius 3 is 2.45 bits per heavy atom. The van der Waals surface area contributed by atoms with Gasteiger partial charge < -0.3 is 20.7 Å². The normalized spacial score (nSPS) is 10.9. The van der Waals surface area contributed by atoms with Crippen molar-refractivity contribution in [2.24, 2.45) is 0 Å². The highest BCUT2D eigenvalue weighted by molar-refractivity contribution is 5.99. The monoisotopic (exact) mass is 460 g/mol. The van der Waals surface area contributed by atoms with Crippen LogP contribution in [0.5, 0.6) is 5.75 Å². The number of anilines is 3. The zero-order valence-corrected chi connectivity index (χ0v) is 17.5. The molecule has 0 aliphatic rings. The number of alkyl halides is 3. The van der Waals surface area contributed by atoms with Crippen molar-refractivity contribution in [2.75, 3.05) is 24.8 Å². The molecule has 12 heteroatoms. The molecule has 0 saturated heterocycles. The molecule has 0 radical (unpaired) electrons. The van der Waals surface area contributed by atoms with Crippen LogP contribution in [0.15, 0.2) is 49.1 Å². The van der Waals surface area contributed by atoms with E-state index in [4.69, 9.17) is 4.74 Å². The number of benzene rings is 1. The van der Waals surface area contributed by atoms with Gasteiger partial charge in [0, 0.05) is 25.5 Å². The van der Waals surface area contributed by atoms with Crippen LogP contribution in [0.25, 0.3) is 0 Å². The molecule has 0 fully saturated rings. The number of carbonyl (C=O) groups excluding carboxylic acids is 2. The standard InChI is InChI=1S/C21H19F3N6O3/c1-25-20(32)14-9-26-11-28-19(14)29-16-8-17(27-10-15(16)21(22,23)24)30-18(31)7-12-3-5-13(33-2)6-4-12/h3-6,8-11H,7H2,1-2H3,(H,25,32)(H2,26,27,28,29,30,31). The van der Waals surface area contributed by atoms with E-state index < -0.39 is 29.2 Å². The Morgan fingerprint density at radius 2 is 1.82 bits per heavy atom. The fraction of sp³-hybridized carbons (Fsp3) is 0.190. The molecule has 3 rings (SSSR count). The van der Waals surface area contributed by atoms with Gasteiger partial charge in [-0.2, -0.15) is 13.2 Å². The molecular formula is C21H19F3N6O3. The summed E-state index contributed by atoms with van der Waals surface area (Å²) >= 11 is 0. The Hall–Kier alpha value is -4.22. The third kappa shape index (κ3) is 5.93. The molecule has 1 aromatic carbocycles. The molecule has 3 aromatic rings. The van der Waals surface area contributed by atoms with Crippen LogP contribution in [-0.4, -0.2) is 40.9 Å². The van der Waals surface area contributed by atoms with Crippen molar-refractivity contribution in [3.8, 4) is 5.75 Å². The Labute approximate surface area is 186 Å². The number of pyridine rings is 1. The molecule has 33 heavy (non-hydrogen) atoms. The van der Waals surface area contributed by atoms with E-state index in [1.807, 2.05) is 0 Å². The maximum Gasteiger partial charge on any atom is 0.419 e. The number of methoxy groups -OCH3 is 1. The van der Waals surface area contributed by atoms with Crippen molar-refractivity contribution in [3.05, 3.63) is 65.7 Å². The van der Waals surface area contributed by atoms with Crippen molar-refractivity contribution in [1.29, 1.82) is 0 Å². The van der Waals surface area contributed by atoms with Crippen LogP contribution in [0, 0.1) is 0 Å². The first-order valence-corrected chi connectivity index (χ1v) is 9.50. The Kier molecular flexibility index (Phi) is 7.06. The summed E-state index contributed by atoms with van der Waals surface area (Å²) in [5, 5.41) is 7.34. The van der Waals surface area contributed by atoms with Gasteiger partial charge in [-0.3, -0.25) is 9.59 Å². The Morgan fingerprint density at radius 1 is 1.09 bits per heavy atom. The molecular weight excluding hydrogens is 441 g/mol. The lowest BCUT2D eigenvalue weighted by molar-refractivity contribution is -0.137. The molecule has 0 unspecified atom stereocenters. The predicted octanol–water partition coefficient (Wildman–Crippen LogP) is 3.18. The number of hydrogen-bond donors (Lipinski definition) is 3. The SMILES string of the molecule is CNC(=O)c1cncnc1Nc1cc(NC(=O)Cc2ccc(OC)cc2)ncc1C(F)(F)F. The van der Waals surface area contributed by atoms with E-state index in [0.717, 1.165) is 12.4 Å². The molecule has 2 aromatic heterocycles. The first kappa shape index (κ1) is 23.4. The molecule has 0 aliphatic carbocycles. The van der Waals surface area contributed by atoms with Crippen LogP contribution >= 0.6 is 0 Å². The van der Waals surface area contributed by atoms with E-state index in [-0.39, 0.29) is 23.6 Å². The second-order valence-corrected chi connectivity index (χ2v) is 6.68. The summed E-state index contributed by atoms with van der Waals surface area (Å²) in [6, 6.07) is 7.78. The van der Waals surface area contributed by atoms with Crippen molar-refractivity contribution in [3.63, 3.8) is 0 Å². The minimum Gasteiger partial charge on any atom is -0.497 e. The molecule has 0 atom stereocenters. The number of aromatic nitrogens is 3. The first-order valence-electron chi connectivity index (χ1n) is 9.50. The summed E-state index contributed by atoms with van der Waals surface area (Å²) in [7, 11) is 2.88. The Balaban J connectivity index is 1.86. The van der Waals surface area contributed by atoms with Gasteiger partial charge in [-0.1, -0.05) is 12.1 Å². The van der Waals surface area contributed by atoms with Crippen molar-refractivity contribution in [2.45, 2.75) is 12.6 Å². The molecule has 0 bridgehead atoms. The van der Waals surface area contributed by atoms with Gasteiger partial charge in [-0.05, 0) is 17.7 Å². The average molecular weight is 460 g/mol. The number of carbonyl (C=O) groups is 2. The fourth-order valence-electron chi connectivity index (χ4n) is 2.83. The Bertz CT molecular complexity index is 1150. The van der Waals surface area contributed by atoms with E-state index in [2.05, 4.69) is 30.9 Å². The van der Waals surface area contributed by atoms with Crippen LogP contribution in [0.3, 0.4) is 0 Å². The molecule has 0 spiro atoms. The third-order valence-electron chi connectivity index (χ3n) is 4.44. The molecule has 2 heterocycles. The van der Waals surface area contributed by atoms with Gasteiger partial charge >= 0.3 is 6.18 Å². The van der Waals surface area contributed by atoms with Crippen LogP contribution in [0.4, 0.5) is 30.5 Å². The van der Waals surface area contributed by atoms with Crippen LogP contribution in [-0.2, 0) is 17.4 Å². The zero-order valence-electron chi connectivity index (χ0n) is 17.5. The predicted molar refractivity (Wildman–Crippen MR) is 113 cm³/mol. The third-order valence-corrected chi connectivity index (χ3v) is 4.44. The van der Waals surface area contributed by atoms with Gasteiger partial charge in [-0.25, -0.2) is 15.0 Å². The molecule has 9 nitrogen and oxygen atoms in total. The number of hydrogen-bond acceptors (Lipinski definition) is 7. The van der Waals surface area contributed by atoms with E-state index in [9.17, 15) is 22.8 Å². The molecule has 172 valence electrons.